The van der Waals surface area contributed by atoms with Crippen LogP contribution in [0.25, 0.3) is 0 Å². The Morgan fingerprint density at radius 3 is 2.67 bits per heavy atom. The third-order valence-electron chi connectivity index (χ3n) is 5.02. The van der Waals surface area contributed by atoms with Gasteiger partial charge >= 0.3 is 0 Å². The van der Waals surface area contributed by atoms with Gasteiger partial charge in [-0.15, -0.1) is 0 Å². The fourth-order valence-corrected chi connectivity index (χ4v) is 3.95. The molecule has 138 valence electrons. The molecule has 0 unspecified atom stereocenters. The van der Waals surface area contributed by atoms with Gasteiger partial charge in [-0.25, -0.2) is 4.98 Å². The molecule has 2 aliphatic carbocycles. The normalized spacial score (nSPS) is 16.9. The molecule has 1 aromatic carbocycles. The van der Waals surface area contributed by atoms with Crippen molar-refractivity contribution in [3.63, 3.8) is 0 Å². The second-order valence-corrected chi connectivity index (χ2v) is 8.25. The molecule has 3 aromatic rings. The molecule has 7 nitrogen and oxygen atoms in total. The fourth-order valence-electron chi connectivity index (χ4n) is 3.12. The van der Waals surface area contributed by atoms with Gasteiger partial charge in [0.05, 0.1) is 0 Å². The Morgan fingerprint density at radius 2 is 1.93 bits per heavy atom. The van der Waals surface area contributed by atoms with Crippen LogP contribution in [0.3, 0.4) is 0 Å². The zero-order valence-corrected chi connectivity index (χ0v) is 15.7. The molecule has 5 rings (SSSR count). The second kappa shape index (κ2) is 6.84. The number of anilines is 3. The molecule has 4 N–H and O–H groups in total. The van der Waals surface area contributed by atoms with E-state index in [4.69, 9.17) is 5.73 Å². The van der Waals surface area contributed by atoms with Crippen molar-refractivity contribution in [1.29, 1.82) is 0 Å². The van der Waals surface area contributed by atoms with E-state index in [9.17, 15) is 0 Å². The molecule has 2 heterocycles. The Hall–Kier alpha value is -2.61. The molecule has 0 bridgehead atoms. The van der Waals surface area contributed by atoms with Crippen LogP contribution in [0.15, 0.2) is 40.4 Å². The van der Waals surface area contributed by atoms with Gasteiger partial charge in [-0.05, 0) is 55.6 Å². The van der Waals surface area contributed by atoms with Crippen molar-refractivity contribution < 1.29 is 0 Å². The summed E-state index contributed by atoms with van der Waals surface area (Å²) >= 11 is 1.50. The Kier molecular flexibility index (Phi) is 4.20. The Morgan fingerprint density at radius 1 is 1.04 bits per heavy atom. The summed E-state index contributed by atoms with van der Waals surface area (Å²) < 4.78 is 0. The van der Waals surface area contributed by atoms with Crippen LogP contribution in [0.5, 0.6) is 0 Å². The molecule has 0 spiro atoms. The minimum absolute atomic E-state index is 0.443. The molecule has 0 saturated heterocycles. The van der Waals surface area contributed by atoms with Crippen LogP contribution < -0.4 is 11.1 Å². The minimum atomic E-state index is 0.443. The molecule has 0 amide bonds. The lowest BCUT2D eigenvalue weighted by Gasteiger charge is -2.23. The van der Waals surface area contributed by atoms with Gasteiger partial charge in [-0.1, -0.05) is 12.5 Å². The average Bonchev–Trinajstić information content (AvgIpc) is 3.35. The van der Waals surface area contributed by atoms with Gasteiger partial charge in [0.15, 0.2) is 11.0 Å². The van der Waals surface area contributed by atoms with Gasteiger partial charge < -0.3 is 11.1 Å². The maximum absolute atomic E-state index is 5.88. The molecular formula is C19H21N7S. The topological polar surface area (TPSA) is 105 Å². The zero-order valence-electron chi connectivity index (χ0n) is 14.9. The Balaban J connectivity index is 1.39. The van der Waals surface area contributed by atoms with Crippen LogP contribution in [0.4, 0.5) is 17.5 Å². The largest absolute Gasteiger partial charge is 0.399 e. The van der Waals surface area contributed by atoms with Crippen molar-refractivity contribution in [1.82, 2.24) is 25.1 Å². The van der Waals surface area contributed by atoms with Crippen LogP contribution in [0, 0.1) is 0 Å². The summed E-state index contributed by atoms with van der Waals surface area (Å²) in [6, 6.07) is 9.81. The predicted octanol–water partition coefficient (Wildman–Crippen LogP) is 4.22. The molecule has 2 fully saturated rings. The maximum Gasteiger partial charge on any atom is 0.232 e. The first-order chi connectivity index (χ1) is 13.2. The molecule has 0 radical (unpaired) electrons. The maximum atomic E-state index is 5.88. The van der Waals surface area contributed by atoms with Gasteiger partial charge in [0.1, 0.15) is 5.82 Å². The highest BCUT2D eigenvalue weighted by Gasteiger charge is 2.28. The number of aromatic amines is 1. The molecule has 0 aliphatic heterocycles. The van der Waals surface area contributed by atoms with Crippen molar-refractivity contribution in [3.8, 4) is 0 Å². The Bertz CT molecular complexity index is 962. The summed E-state index contributed by atoms with van der Waals surface area (Å²) in [6.07, 6.45) is 6.05. The summed E-state index contributed by atoms with van der Waals surface area (Å²) in [5.41, 5.74) is 7.81. The first-order valence-electron chi connectivity index (χ1n) is 9.34. The standard InChI is InChI=1S/C19H21N7S/c20-13-5-2-6-14(9-13)27-19-23-17(12-7-8-12)22-18(24-19)21-16-10-15(25-26-16)11-3-1-4-11/h2,5-6,9-12H,1,3-4,7-8,20H2,(H2,21,22,23,24,25,26). The number of H-pyrrole nitrogens is 1. The van der Waals surface area contributed by atoms with Crippen molar-refractivity contribution in [2.24, 2.45) is 0 Å². The summed E-state index contributed by atoms with van der Waals surface area (Å²) in [7, 11) is 0. The van der Waals surface area contributed by atoms with Crippen molar-refractivity contribution >= 4 is 29.2 Å². The molecule has 27 heavy (non-hydrogen) atoms. The molecule has 8 heteroatoms. The lowest BCUT2D eigenvalue weighted by molar-refractivity contribution is 0.410. The van der Waals surface area contributed by atoms with E-state index in [0.29, 0.717) is 22.9 Å². The van der Waals surface area contributed by atoms with Crippen molar-refractivity contribution in [2.45, 2.75) is 54.0 Å². The number of hydrogen-bond donors (Lipinski definition) is 3. The van der Waals surface area contributed by atoms with Gasteiger partial charge in [0.25, 0.3) is 0 Å². The number of hydrogen-bond acceptors (Lipinski definition) is 7. The van der Waals surface area contributed by atoms with E-state index in [2.05, 4.69) is 36.5 Å². The molecule has 2 aromatic heterocycles. The van der Waals surface area contributed by atoms with Gasteiger partial charge in [-0.3, -0.25) is 5.10 Å². The van der Waals surface area contributed by atoms with Crippen molar-refractivity contribution in [3.05, 3.63) is 41.9 Å². The SMILES string of the molecule is Nc1cccc(Sc2nc(Nc3cc(C4CCC4)[nH]n3)nc(C3CC3)n2)c1. The Labute approximate surface area is 161 Å². The molecule has 0 atom stereocenters. The fraction of sp³-hybridized carbons (Fsp3) is 0.368. The number of nitrogens with two attached hydrogens (primary N) is 1. The van der Waals surface area contributed by atoms with Crippen molar-refractivity contribution in [2.75, 3.05) is 11.1 Å². The quantitative estimate of drug-likeness (QED) is 0.551. The average molecular weight is 379 g/mol. The highest BCUT2D eigenvalue weighted by Crippen LogP contribution is 2.40. The number of nitrogen functional groups attached to an aromatic ring is 1. The summed E-state index contributed by atoms with van der Waals surface area (Å²) in [6.45, 7) is 0. The van der Waals surface area contributed by atoms with E-state index in [1.807, 2.05) is 24.3 Å². The van der Waals surface area contributed by atoms with Crippen LogP contribution in [-0.4, -0.2) is 25.1 Å². The van der Waals surface area contributed by atoms with E-state index in [1.165, 1.54) is 36.7 Å². The van der Waals surface area contributed by atoms with Crippen LogP contribution in [-0.2, 0) is 0 Å². The van der Waals surface area contributed by atoms with Gasteiger partial charge in [-0.2, -0.15) is 15.1 Å². The van der Waals surface area contributed by atoms with E-state index >= 15 is 0 Å². The third kappa shape index (κ3) is 3.75. The summed E-state index contributed by atoms with van der Waals surface area (Å²) in [5, 5.41) is 11.4. The van der Waals surface area contributed by atoms with Gasteiger partial charge in [0.2, 0.25) is 5.95 Å². The number of rotatable bonds is 6. The van der Waals surface area contributed by atoms with E-state index in [-0.39, 0.29) is 0 Å². The lowest BCUT2D eigenvalue weighted by Crippen LogP contribution is -2.08. The van der Waals surface area contributed by atoms with Crippen LogP contribution >= 0.6 is 11.8 Å². The first kappa shape index (κ1) is 16.6. The summed E-state index contributed by atoms with van der Waals surface area (Å²) in [4.78, 5) is 14.9. The van der Waals surface area contributed by atoms with Crippen LogP contribution in [0.2, 0.25) is 0 Å². The number of benzene rings is 1. The van der Waals surface area contributed by atoms with E-state index < -0.39 is 0 Å². The zero-order chi connectivity index (χ0) is 18.2. The van der Waals surface area contributed by atoms with E-state index in [0.717, 1.165) is 35.1 Å². The van der Waals surface area contributed by atoms with E-state index in [1.54, 1.807) is 0 Å². The number of nitrogens with one attached hydrogen (secondary N) is 2. The molecule has 2 aliphatic rings. The van der Waals surface area contributed by atoms with Gasteiger partial charge in [0, 0.05) is 34.2 Å². The van der Waals surface area contributed by atoms with Crippen LogP contribution in [0.1, 0.15) is 55.5 Å². The second-order valence-electron chi connectivity index (χ2n) is 7.21. The number of nitrogens with zero attached hydrogens (tertiary/aromatic N) is 4. The highest BCUT2D eigenvalue weighted by atomic mass is 32.2. The smallest absolute Gasteiger partial charge is 0.232 e. The molecular weight excluding hydrogens is 358 g/mol. The lowest BCUT2D eigenvalue weighted by atomic mass is 9.83. The number of aromatic nitrogens is 5. The monoisotopic (exact) mass is 379 g/mol. The minimum Gasteiger partial charge on any atom is -0.399 e. The first-order valence-corrected chi connectivity index (χ1v) is 10.2. The summed E-state index contributed by atoms with van der Waals surface area (Å²) in [5.74, 6) is 3.21. The molecule has 2 saturated carbocycles. The predicted molar refractivity (Wildman–Crippen MR) is 105 cm³/mol. The highest BCUT2D eigenvalue weighted by molar-refractivity contribution is 7.99. The third-order valence-corrected chi connectivity index (χ3v) is 5.88.